The number of hydrogen-bond acceptors (Lipinski definition) is 2. The van der Waals surface area contributed by atoms with Gasteiger partial charge in [0.15, 0.2) is 0 Å². The summed E-state index contributed by atoms with van der Waals surface area (Å²) < 4.78 is 4.85. The number of amides is 1. The van der Waals surface area contributed by atoms with E-state index in [-0.39, 0.29) is 6.09 Å². The molecule has 0 bridgehead atoms. The van der Waals surface area contributed by atoms with Crippen molar-refractivity contribution in [3.8, 4) is 0 Å². The van der Waals surface area contributed by atoms with E-state index in [0.29, 0.717) is 6.42 Å². The van der Waals surface area contributed by atoms with Gasteiger partial charge in [0.05, 0.1) is 12.6 Å². The third-order valence-electron chi connectivity index (χ3n) is 3.39. The molecule has 0 saturated heterocycles. The fraction of sp³-hybridized carbons (Fsp3) is 0.267. The minimum Gasteiger partial charge on any atom is -0.452 e. The van der Waals surface area contributed by atoms with Crippen LogP contribution in [0.3, 0.4) is 0 Å². The van der Waals surface area contributed by atoms with E-state index in [0.717, 1.165) is 11.1 Å². The zero-order chi connectivity index (χ0) is 13.2. The van der Waals surface area contributed by atoms with Crippen molar-refractivity contribution in [2.24, 2.45) is 0 Å². The Labute approximate surface area is 107 Å². The predicted molar refractivity (Wildman–Crippen MR) is 71.9 cm³/mol. The Kier molecular flexibility index (Phi) is 3.24. The molecular weight excluding hydrogens is 226 g/mol. The minimum atomic E-state index is -0.444. The molecule has 0 aromatic heterocycles. The Morgan fingerprint density at radius 3 is 2.89 bits per heavy atom. The number of ether oxygens (including phenoxy) is 1. The Balaban J connectivity index is 2.55. The van der Waals surface area contributed by atoms with Crippen LogP contribution in [-0.4, -0.2) is 18.1 Å². The third kappa shape index (κ3) is 1.82. The summed E-state index contributed by atoms with van der Waals surface area (Å²) in [4.78, 5) is 13.5. The lowest BCUT2D eigenvalue weighted by Gasteiger charge is -2.41. The van der Waals surface area contributed by atoms with Crippen LogP contribution in [0.2, 0.25) is 0 Å². The molecule has 1 heterocycles. The highest BCUT2D eigenvalue weighted by molar-refractivity contribution is 5.74. The van der Waals surface area contributed by atoms with Crippen molar-refractivity contribution in [2.75, 3.05) is 7.11 Å². The van der Waals surface area contributed by atoms with Gasteiger partial charge in [-0.15, -0.1) is 6.58 Å². The Bertz CT molecular complexity index is 507. The van der Waals surface area contributed by atoms with Crippen molar-refractivity contribution in [1.82, 2.24) is 4.90 Å². The van der Waals surface area contributed by atoms with E-state index in [4.69, 9.17) is 4.74 Å². The van der Waals surface area contributed by atoms with E-state index >= 15 is 0 Å². The molecule has 0 N–H and O–H groups in total. The summed E-state index contributed by atoms with van der Waals surface area (Å²) in [5, 5.41) is 0. The van der Waals surface area contributed by atoms with Gasteiger partial charge in [0, 0.05) is 6.20 Å². The van der Waals surface area contributed by atoms with E-state index in [1.165, 1.54) is 7.11 Å². The molecule has 1 aromatic carbocycles. The number of methoxy groups -OCH3 is 1. The molecule has 1 amide bonds. The Morgan fingerprint density at radius 1 is 1.50 bits per heavy atom. The van der Waals surface area contributed by atoms with Gasteiger partial charge in [-0.1, -0.05) is 30.3 Å². The van der Waals surface area contributed by atoms with Crippen LogP contribution in [0, 0.1) is 0 Å². The van der Waals surface area contributed by atoms with Crippen LogP contribution >= 0.6 is 0 Å². The van der Waals surface area contributed by atoms with Crippen molar-refractivity contribution in [2.45, 2.75) is 18.9 Å². The van der Waals surface area contributed by atoms with Gasteiger partial charge in [-0.05, 0) is 30.5 Å². The monoisotopic (exact) mass is 243 g/mol. The predicted octanol–water partition coefficient (Wildman–Crippen LogP) is 3.53. The van der Waals surface area contributed by atoms with Crippen LogP contribution < -0.4 is 0 Å². The molecule has 18 heavy (non-hydrogen) atoms. The van der Waals surface area contributed by atoms with E-state index < -0.39 is 5.54 Å². The van der Waals surface area contributed by atoms with Gasteiger partial charge in [0.1, 0.15) is 0 Å². The van der Waals surface area contributed by atoms with E-state index in [9.17, 15) is 4.79 Å². The molecule has 0 saturated carbocycles. The number of carbonyl (C=O) groups is 1. The highest BCUT2D eigenvalue weighted by Gasteiger charge is 2.38. The summed E-state index contributed by atoms with van der Waals surface area (Å²) in [7, 11) is 1.39. The fourth-order valence-electron chi connectivity index (χ4n) is 2.43. The van der Waals surface area contributed by atoms with Crippen molar-refractivity contribution in [3.63, 3.8) is 0 Å². The number of nitrogens with zero attached hydrogens (tertiary/aromatic N) is 1. The van der Waals surface area contributed by atoms with Gasteiger partial charge in [-0.3, -0.25) is 4.90 Å². The highest BCUT2D eigenvalue weighted by atomic mass is 16.5. The summed E-state index contributed by atoms with van der Waals surface area (Å²) >= 11 is 0. The molecule has 0 radical (unpaired) electrons. The standard InChI is InChI=1S/C15H17NO2/c1-4-10-15(2)13-8-6-5-7-12(13)9-11-16(15)14(17)18-3/h4-9,11H,1,10H2,2-3H3. The highest BCUT2D eigenvalue weighted by Crippen LogP contribution is 2.38. The average Bonchev–Trinajstić information content (AvgIpc) is 2.39. The summed E-state index contributed by atoms with van der Waals surface area (Å²) in [5.41, 5.74) is 1.79. The molecule has 1 atom stereocenters. The lowest BCUT2D eigenvalue weighted by Crippen LogP contribution is -2.45. The van der Waals surface area contributed by atoms with Gasteiger partial charge in [0.25, 0.3) is 0 Å². The first-order valence-electron chi connectivity index (χ1n) is 5.89. The van der Waals surface area contributed by atoms with Gasteiger partial charge < -0.3 is 4.74 Å². The van der Waals surface area contributed by atoms with Crippen molar-refractivity contribution >= 4 is 12.2 Å². The summed E-state index contributed by atoms with van der Waals surface area (Å²) in [6, 6.07) is 8.06. The molecule has 94 valence electrons. The molecule has 3 nitrogen and oxygen atoms in total. The molecule has 0 aliphatic carbocycles. The van der Waals surface area contributed by atoms with Crippen molar-refractivity contribution in [3.05, 3.63) is 54.2 Å². The first-order valence-corrected chi connectivity index (χ1v) is 5.89. The normalized spacial score (nSPS) is 21.3. The summed E-state index contributed by atoms with van der Waals surface area (Å²) in [6.45, 7) is 5.81. The first-order chi connectivity index (χ1) is 8.63. The zero-order valence-corrected chi connectivity index (χ0v) is 10.7. The first kappa shape index (κ1) is 12.4. The van der Waals surface area contributed by atoms with Crippen LogP contribution in [0.1, 0.15) is 24.5 Å². The number of fused-ring (bicyclic) bond motifs is 1. The smallest absolute Gasteiger partial charge is 0.414 e. The maximum atomic E-state index is 11.9. The van der Waals surface area contributed by atoms with Gasteiger partial charge in [-0.25, -0.2) is 4.79 Å². The molecule has 3 heteroatoms. The lowest BCUT2D eigenvalue weighted by atomic mass is 9.82. The molecule has 1 aromatic rings. The lowest BCUT2D eigenvalue weighted by molar-refractivity contribution is 0.0967. The van der Waals surface area contributed by atoms with Crippen LogP contribution in [0.4, 0.5) is 4.79 Å². The van der Waals surface area contributed by atoms with Crippen LogP contribution in [0.5, 0.6) is 0 Å². The molecule has 2 rings (SSSR count). The van der Waals surface area contributed by atoms with Crippen LogP contribution in [0.15, 0.2) is 43.1 Å². The van der Waals surface area contributed by atoms with E-state index in [1.54, 1.807) is 11.1 Å². The van der Waals surface area contributed by atoms with Gasteiger partial charge >= 0.3 is 6.09 Å². The number of carbonyl (C=O) groups excluding carboxylic acids is 1. The van der Waals surface area contributed by atoms with Crippen LogP contribution in [0.25, 0.3) is 6.08 Å². The topological polar surface area (TPSA) is 29.5 Å². The molecule has 1 aliphatic heterocycles. The van der Waals surface area contributed by atoms with Crippen molar-refractivity contribution < 1.29 is 9.53 Å². The largest absolute Gasteiger partial charge is 0.452 e. The van der Waals surface area contributed by atoms with E-state index in [1.807, 2.05) is 43.3 Å². The summed E-state index contributed by atoms with van der Waals surface area (Å²) in [5.74, 6) is 0. The molecular formula is C15H17NO2. The van der Waals surface area contributed by atoms with Crippen LogP contribution in [-0.2, 0) is 10.3 Å². The second-order valence-corrected chi connectivity index (χ2v) is 4.51. The fourth-order valence-corrected chi connectivity index (χ4v) is 2.43. The molecule has 1 unspecified atom stereocenters. The molecule has 0 spiro atoms. The maximum absolute atomic E-state index is 11.9. The average molecular weight is 243 g/mol. The van der Waals surface area contributed by atoms with Gasteiger partial charge in [-0.2, -0.15) is 0 Å². The Morgan fingerprint density at radius 2 is 2.22 bits per heavy atom. The van der Waals surface area contributed by atoms with E-state index in [2.05, 4.69) is 6.58 Å². The number of benzene rings is 1. The minimum absolute atomic E-state index is 0.356. The second kappa shape index (κ2) is 4.69. The second-order valence-electron chi connectivity index (χ2n) is 4.51. The third-order valence-corrected chi connectivity index (χ3v) is 3.39. The number of hydrogen-bond donors (Lipinski definition) is 0. The molecule has 1 aliphatic rings. The zero-order valence-electron chi connectivity index (χ0n) is 10.7. The SMILES string of the molecule is C=CCC1(C)c2ccccc2C=CN1C(=O)OC. The van der Waals surface area contributed by atoms with Gasteiger partial charge in [0.2, 0.25) is 0 Å². The summed E-state index contributed by atoms with van der Waals surface area (Å²) in [6.07, 6.45) is 5.84. The quantitative estimate of drug-likeness (QED) is 0.744. The Hall–Kier alpha value is -2.03. The number of rotatable bonds is 2. The maximum Gasteiger partial charge on any atom is 0.414 e. The molecule has 0 fully saturated rings. The van der Waals surface area contributed by atoms with Crippen molar-refractivity contribution in [1.29, 1.82) is 0 Å².